The number of anilines is 1. The smallest absolute Gasteiger partial charge is 0.0396 e. The van der Waals surface area contributed by atoms with Crippen molar-refractivity contribution in [1.29, 1.82) is 0 Å². The fourth-order valence-electron chi connectivity index (χ4n) is 1.21. The molecule has 0 aliphatic heterocycles. The molecule has 1 nitrogen and oxygen atoms in total. The first-order chi connectivity index (χ1) is 4.75. The Bertz CT molecular complexity index is 213. The van der Waals surface area contributed by atoms with Crippen LogP contribution in [0.2, 0.25) is 0 Å². The highest BCUT2D eigenvalue weighted by atomic mass is 35.5. The Morgan fingerprint density at radius 2 is 1.55 bits per heavy atom. The van der Waals surface area contributed by atoms with Crippen LogP contribution in [0.15, 0.2) is 18.2 Å². The highest BCUT2D eigenvalue weighted by Crippen LogP contribution is 2.17. The molecule has 1 aromatic rings. The van der Waals surface area contributed by atoms with Gasteiger partial charge in [0.1, 0.15) is 0 Å². The normalized spacial score (nSPS) is 8.64. The lowest BCUT2D eigenvalue weighted by atomic mass is 10.1. The number of hydrogen-bond acceptors (Lipinski definition) is 1. The molecule has 11 heavy (non-hydrogen) atoms. The molecular weight excluding hydrogens is 158 g/mol. The summed E-state index contributed by atoms with van der Waals surface area (Å²) in [6, 6.07) is 6.29. The van der Waals surface area contributed by atoms with Gasteiger partial charge in [-0.1, -0.05) is 18.2 Å². The molecule has 0 aliphatic rings. The van der Waals surface area contributed by atoms with E-state index in [-0.39, 0.29) is 12.4 Å². The predicted octanol–water partition coefficient (Wildman–Crippen LogP) is -0.651. The zero-order chi connectivity index (χ0) is 7.56. The van der Waals surface area contributed by atoms with Gasteiger partial charge in [-0.3, -0.25) is 0 Å². The first-order valence-corrected chi connectivity index (χ1v) is 3.49. The molecule has 0 saturated heterocycles. The van der Waals surface area contributed by atoms with Crippen LogP contribution in [0.25, 0.3) is 0 Å². The highest BCUT2D eigenvalue weighted by molar-refractivity contribution is 5.55. The molecule has 0 radical (unpaired) electrons. The monoisotopic (exact) mass is 170 g/mol. The molecule has 0 aromatic heterocycles. The third-order valence-corrected chi connectivity index (χ3v) is 1.73. The summed E-state index contributed by atoms with van der Waals surface area (Å²) in [6.45, 7) is 4.22. The fraction of sp³-hybridized carbons (Fsp3) is 0.333. The molecule has 0 aliphatic carbocycles. The molecular formula is C9H13ClN-. The molecule has 0 amide bonds. The summed E-state index contributed by atoms with van der Waals surface area (Å²) >= 11 is 0. The van der Waals surface area contributed by atoms with Crippen LogP contribution in [0.3, 0.4) is 0 Å². The second-order valence-electron chi connectivity index (χ2n) is 2.52. The van der Waals surface area contributed by atoms with Gasteiger partial charge in [0.2, 0.25) is 0 Å². The average molecular weight is 171 g/mol. The third kappa shape index (κ3) is 2.12. The van der Waals surface area contributed by atoms with Crippen LogP contribution in [0, 0.1) is 13.8 Å². The second-order valence-corrected chi connectivity index (χ2v) is 2.52. The summed E-state index contributed by atoms with van der Waals surface area (Å²) in [7, 11) is 1.95. The van der Waals surface area contributed by atoms with Crippen molar-refractivity contribution in [2.24, 2.45) is 0 Å². The summed E-state index contributed by atoms with van der Waals surface area (Å²) in [5.74, 6) is 0. The van der Waals surface area contributed by atoms with E-state index in [1.165, 1.54) is 16.8 Å². The average Bonchev–Trinajstić information content (AvgIpc) is 1.88. The first kappa shape index (κ1) is 10.3. The molecule has 0 spiro atoms. The lowest BCUT2D eigenvalue weighted by molar-refractivity contribution is -0.00000220. The number of rotatable bonds is 1. The van der Waals surface area contributed by atoms with Crippen LogP contribution < -0.4 is 17.7 Å². The lowest BCUT2D eigenvalue weighted by Gasteiger charge is -2.07. The summed E-state index contributed by atoms with van der Waals surface area (Å²) < 4.78 is 0. The maximum Gasteiger partial charge on any atom is 0.0396 e. The van der Waals surface area contributed by atoms with Crippen molar-refractivity contribution >= 4 is 5.69 Å². The molecule has 0 bridgehead atoms. The van der Waals surface area contributed by atoms with Crippen molar-refractivity contribution in [3.05, 3.63) is 29.3 Å². The lowest BCUT2D eigenvalue weighted by Crippen LogP contribution is -3.00. The summed E-state index contributed by atoms with van der Waals surface area (Å²) in [5, 5.41) is 3.16. The van der Waals surface area contributed by atoms with Gasteiger partial charge >= 0.3 is 0 Å². The van der Waals surface area contributed by atoms with Crippen LogP contribution >= 0.6 is 0 Å². The Morgan fingerprint density at radius 3 is 1.82 bits per heavy atom. The van der Waals surface area contributed by atoms with Gasteiger partial charge < -0.3 is 17.7 Å². The minimum Gasteiger partial charge on any atom is -1.00 e. The molecule has 2 heteroatoms. The van der Waals surface area contributed by atoms with E-state index >= 15 is 0 Å². The minimum atomic E-state index is 0. The van der Waals surface area contributed by atoms with Gasteiger partial charge in [-0.15, -0.1) is 0 Å². The SMILES string of the molecule is CNc1c(C)cccc1C.[Cl-]. The van der Waals surface area contributed by atoms with Crippen molar-refractivity contribution in [2.75, 3.05) is 12.4 Å². The van der Waals surface area contributed by atoms with Crippen molar-refractivity contribution in [2.45, 2.75) is 13.8 Å². The number of aryl methyl sites for hydroxylation is 2. The van der Waals surface area contributed by atoms with Gasteiger partial charge in [-0.05, 0) is 25.0 Å². The summed E-state index contributed by atoms with van der Waals surface area (Å²) in [4.78, 5) is 0. The van der Waals surface area contributed by atoms with Crippen LogP contribution in [0.1, 0.15) is 11.1 Å². The molecule has 0 atom stereocenters. The summed E-state index contributed by atoms with van der Waals surface area (Å²) in [6.07, 6.45) is 0. The first-order valence-electron chi connectivity index (χ1n) is 3.49. The minimum absolute atomic E-state index is 0. The maximum absolute atomic E-state index is 3.16. The Morgan fingerprint density at radius 1 is 1.09 bits per heavy atom. The van der Waals surface area contributed by atoms with Gasteiger partial charge in [-0.2, -0.15) is 0 Å². The number of halogens is 1. The Kier molecular flexibility index (Phi) is 3.98. The Balaban J connectivity index is 0.000001000. The van der Waals surface area contributed by atoms with E-state index < -0.39 is 0 Å². The van der Waals surface area contributed by atoms with E-state index in [2.05, 4.69) is 37.4 Å². The number of para-hydroxylation sites is 1. The van der Waals surface area contributed by atoms with Crippen LogP contribution in [-0.2, 0) is 0 Å². The van der Waals surface area contributed by atoms with Crippen LogP contribution in [0.4, 0.5) is 5.69 Å². The van der Waals surface area contributed by atoms with Gasteiger partial charge in [0.05, 0.1) is 0 Å². The Labute approximate surface area is 74.2 Å². The molecule has 0 heterocycles. The van der Waals surface area contributed by atoms with Gasteiger partial charge in [0, 0.05) is 12.7 Å². The standard InChI is InChI=1S/C9H13N.ClH/c1-7-5-4-6-8(2)9(7)10-3;/h4-6,10H,1-3H3;1H/p-1. The van der Waals surface area contributed by atoms with Crippen molar-refractivity contribution in [1.82, 2.24) is 0 Å². The van der Waals surface area contributed by atoms with Gasteiger partial charge in [0.15, 0.2) is 0 Å². The zero-order valence-corrected chi connectivity index (χ0v) is 7.87. The third-order valence-electron chi connectivity index (χ3n) is 1.73. The quantitative estimate of drug-likeness (QED) is 0.591. The van der Waals surface area contributed by atoms with Crippen molar-refractivity contribution in [3.8, 4) is 0 Å². The molecule has 0 fully saturated rings. The number of nitrogens with one attached hydrogen (secondary N) is 1. The fourth-order valence-corrected chi connectivity index (χ4v) is 1.21. The van der Waals surface area contributed by atoms with E-state index in [0.717, 1.165) is 0 Å². The van der Waals surface area contributed by atoms with E-state index in [1.54, 1.807) is 0 Å². The van der Waals surface area contributed by atoms with Gasteiger partial charge in [0.25, 0.3) is 0 Å². The van der Waals surface area contributed by atoms with E-state index in [0.29, 0.717) is 0 Å². The molecule has 0 saturated carbocycles. The molecule has 62 valence electrons. The number of hydrogen-bond donors (Lipinski definition) is 1. The largest absolute Gasteiger partial charge is 1.00 e. The number of benzene rings is 1. The topological polar surface area (TPSA) is 12.0 Å². The maximum atomic E-state index is 3.16. The van der Waals surface area contributed by atoms with Crippen molar-refractivity contribution < 1.29 is 12.4 Å². The highest BCUT2D eigenvalue weighted by Gasteiger charge is 1.96. The Hall–Kier alpha value is -0.690. The predicted molar refractivity (Wildman–Crippen MR) is 45.5 cm³/mol. The molecule has 1 aromatic carbocycles. The van der Waals surface area contributed by atoms with Crippen LogP contribution in [0.5, 0.6) is 0 Å². The van der Waals surface area contributed by atoms with Gasteiger partial charge in [-0.25, -0.2) is 0 Å². The molecule has 1 N–H and O–H groups in total. The zero-order valence-electron chi connectivity index (χ0n) is 7.11. The van der Waals surface area contributed by atoms with E-state index in [1.807, 2.05) is 7.05 Å². The molecule has 0 unspecified atom stereocenters. The summed E-state index contributed by atoms with van der Waals surface area (Å²) in [5.41, 5.74) is 3.87. The molecule has 1 rings (SSSR count). The van der Waals surface area contributed by atoms with E-state index in [4.69, 9.17) is 0 Å². The van der Waals surface area contributed by atoms with Crippen LogP contribution in [-0.4, -0.2) is 7.05 Å². The van der Waals surface area contributed by atoms with Crippen molar-refractivity contribution in [3.63, 3.8) is 0 Å². The second kappa shape index (κ2) is 4.24. The van der Waals surface area contributed by atoms with E-state index in [9.17, 15) is 0 Å².